The molecule has 0 radical (unpaired) electrons. The number of hydrogen-bond acceptors (Lipinski definition) is 5. The molecule has 0 heterocycles. The van der Waals surface area contributed by atoms with Crippen LogP contribution in [0.25, 0.3) is 0 Å². The highest BCUT2D eigenvalue weighted by molar-refractivity contribution is 5.81. The van der Waals surface area contributed by atoms with Gasteiger partial charge in [0.1, 0.15) is 6.54 Å². The van der Waals surface area contributed by atoms with Crippen molar-refractivity contribution in [2.75, 3.05) is 6.54 Å². The molecule has 0 bridgehead atoms. The second-order valence-electron chi connectivity index (χ2n) is 11.1. The van der Waals surface area contributed by atoms with Crippen LogP contribution in [-0.4, -0.2) is 57.2 Å². The highest BCUT2D eigenvalue weighted by atomic mass is 16.4. The summed E-state index contributed by atoms with van der Waals surface area (Å²) in [6.07, 6.45) is -3.94. The van der Waals surface area contributed by atoms with E-state index in [1.807, 2.05) is 6.92 Å². The fraction of sp³-hybridized carbons (Fsp3) is 0.920. The Balaban J connectivity index is 1.52. The van der Waals surface area contributed by atoms with E-state index in [0.29, 0.717) is 6.42 Å². The van der Waals surface area contributed by atoms with E-state index in [0.717, 1.165) is 19.3 Å². The SMILES string of the molecule is [2H]C1([2H])C[C@@]2(C)[C@H](C[C@@H](O)[C@@H]3[C@@H]2CC[C@]2(C)[C@@H]([C@H](O)CCC(=O)NCC(=O)O)CC[C@@H]32)C([2H])([2H])[C@@H]1O. The summed E-state index contributed by atoms with van der Waals surface area (Å²) in [7, 11) is 0. The van der Waals surface area contributed by atoms with E-state index in [4.69, 9.17) is 10.6 Å². The lowest BCUT2D eigenvalue weighted by Gasteiger charge is -2.62. The highest BCUT2D eigenvalue weighted by Gasteiger charge is 2.63. The monoisotopic (exact) mass is 455 g/mol. The molecule has 4 rings (SSSR count). The molecule has 0 aromatic carbocycles. The maximum absolute atomic E-state index is 12.0. The summed E-state index contributed by atoms with van der Waals surface area (Å²) in [5.74, 6) is -2.38. The summed E-state index contributed by atoms with van der Waals surface area (Å²) in [6.45, 7) is 3.64. The number of aliphatic hydroxyl groups excluding tert-OH is 3. The Bertz CT molecular complexity index is 889. The smallest absolute Gasteiger partial charge is 0.322 e. The zero-order valence-corrected chi connectivity index (χ0v) is 19.1. The number of nitrogens with one attached hydrogen (secondary N) is 1. The van der Waals surface area contributed by atoms with E-state index in [2.05, 4.69) is 12.2 Å². The van der Waals surface area contributed by atoms with E-state index in [-0.39, 0.29) is 54.8 Å². The predicted molar refractivity (Wildman–Crippen MR) is 118 cm³/mol. The average Bonchev–Trinajstić information content (AvgIpc) is 3.13. The van der Waals surface area contributed by atoms with Crippen LogP contribution in [0.1, 0.15) is 83.4 Å². The molecule has 4 aliphatic rings. The molecule has 182 valence electrons. The van der Waals surface area contributed by atoms with Crippen molar-refractivity contribution in [1.82, 2.24) is 5.32 Å². The van der Waals surface area contributed by atoms with Gasteiger partial charge in [0.05, 0.1) is 18.3 Å². The first-order valence-electron chi connectivity index (χ1n) is 14.1. The van der Waals surface area contributed by atoms with Gasteiger partial charge in [-0.05, 0) is 98.1 Å². The van der Waals surface area contributed by atoms with Crippen molar-refractivity contribution in [1.29, 1.82) is 0 Å². The molecular formula is C25H41NO6. The maximum atomic E-state index is 12.0. The van der Waals surface area contributed by atoms with Gasteiger partial charge in [-0.1, -0.05) is 13.8 Å². The fourth-order valence-electron chi connectivity index (χ4n) is 7.92. The molecule has 0 unspecified atom stereocenters. The molecule has 7 heteroatoms. The van der Waals surface area contributed by atoms with Crippen LogP contribution in [-0.2, 0) is 9.59 Å². The molecule has 1 amide bonds. The molecule has 0 aromatic rings. The number of fused-ring (bicyclic) bond motifs is 5. The Kier molecular flexibility index (Phi) is 5.32. The summed E-state index contributed by atoms with van der Waals surface area (Å²) in [5, 5.41) is 44.0. The number of rotatable bonds is 6. The Hall–Kier alpha value is -1.18. The third-order valence-electron chi connectivity index (χ3n) is 9.57. The summed E-state index contributed by atoms with van der Waals surface area (Å²) in [5.41, 5.74) is -0.967. The zero-order chi connectivity index (χ0) is 26.8. The van der Waals surface area contributed by atoms with Crippen LogP contribution in [0.2, 0.25) is 0 Å². The number of hydrogen-bond donors (Lipinski definition) is 5. The number of amides is 1. The fourth-order valence-corrected chi connectivity index (χ4v) is 7.92. The van der Waals surface area contributed by atoms with Crippen LogP contribution in [0.3, 0.4) is 0 Å². The van der Waals surface area contributed by atoms with Crippen molar-refractivity contribution < 1.29 is 35.5 Å². The Morgan fingerprint density at radius 3 is 2.56 bits per heavy atom. The molecule has 0 aromatic heterocycles. The lowest BCUT2D eigenvalue weighted by Crippen LogP contribution is -2.58. The molecular weight excluding hydrogens is 410 g/mol. The number of carbonyl (C=O) groups excluding carboxylic acids is 1. The molecule has 0 spiro atoms. The normalized spacial score (nSPS) is 51.5. The molecule has 7 nitrogen and oxygen atoms in total. The van der Waals surface area contributed by atoms with Gasteiger partial charge in [0.2, 0.25) is 5.91 Å². The predicted octanol–water partition coefficient (Wildman–Crippen LogP) is 2.32. The van der Waals surface area contributed by atoms with Gasteiger partial charge in [-0.25, -0.2) is 0 Å². The van der Waals surface area contributed by atoms with Crippen molar-refractivity contribution in [3.05, 3.63) is 0 Å². The molecule has 10 atom stereocenters. The molecule has 4 aliphatic carbocycles. The second-order valence-corrected chi connectivity index (χ2v) is 11.1. The van der Waals surface area contributed by atoms with Gasteiger partial charge in [-0.15, -0.1) is 0 Å². The van der Waals surface area contributed by atoms with Crippen molar-refractivity contribution in [3.8, 4) is 0 Å². The van der Waals surface area contributed by atoms with Crippen molar-refractivity contribution in [2.45, 2.75) is 96.3 Å². The van der Waals surface area contributed by atoms with Gasteiger partial charge >= 0.3 is 5.97 Å². The van der Waals surface area contributed by atoms with Gasteiger partial charge < -0.3 is 25.7 Å². The van der Waals surface area contributed by atoms with Crippen LogP contribution in [0.4, 0.5) is 0 Å². The summed E-state index contributed by atoms with van der Waals surface area (Å²) in [6, 6.07) is 0. The largest absolute Gasteiger partial charge is 0.480 e. The van der Waals surface area contributed by atoms with Crippen molar-refractivity contribution in [2.24, 2.45) is 40.4 Å². The zero-order valence-electron chi connectivity index (χ0n) is 23.1. The first-order chi connectivity index (χ1) is 16.6. The Morgan fingerprint density at radius 1 is 1.12 bits per heavy atom. The van der Waals surface area contributed by atoms with Gasteiger partial charge in [-0.3, -0.25) is 9.59 Å². The van der Waals surface area contributed by atoms with E-state index >= 15 is 0 Å². The van der Waals surface area contributed by atoms with Gasteiger partial charge in [0.25, 0.3) is 0 Å². The molecule has 0 saturated heterocycles. The standard InChI is InChI=1S/C25H41NO6/c1-24-9-7-15(27)11-14(24)12-20(29)23-17-4-3-16(25(17,2)10-8-18(23)24)19(28)5-6-21(30)26-13-22(31)32/h14-20,23,27-29H,3-13H2,1-2H3,(H,26,30)(H,31,32)/t14-,15+,16+,17-,18-,19+,20+,23-,24-,25+/m0/s1/i7D2,11D2. The summed E-state index contributed by atoms with van der Waals surface area (Å²) < 4.78 is 34.1. The number of aliphatic carboxylic acids is 1. The first kappa shape index (κ1) is 19.2. The molecule has 4 fully saturated rings. The lowest BCUT2D eigenvalue weighted by molar-refractivity contribution is -0.176. The Labute approximate surface area is 196 Å². The van der Waals surface area contributed by atoms with E-state index in [9.17, 15) is 24.9 Å². The minimum Gasteiger partial charge on any atom is -0.480 e. The Morgan fingerprint density at radius 2 is 1.84 bits per heavy atom. The topological polar surface area (TPSA) is 127 Å². The van der Waals surface area contributed by atoms with Gasteiger partial charge in [-0.2, -0.15) is 0 Å². The van der Waals surface area contributed by atoms with Gasteiger partial charge in [0, 0.05) is 11.9 Å². The minimum atomic E-state index is -2.14. The highest BCUT2D eigenvalue weighted by Crippen LogP contribution is 2.67. The van der Waals surface area contributed by atoms with Crippen molar-refractivity contribution >= 4 is 11.9 Å². The summed E-state index contributed by atoms with van der Waals surface area (Å²) >= 11 is 0. The number of carbonyl (C=O) groups is 2. The van der Waals surface area contributed by atoms with Crippen LogP contribution in [0, 0.1) is 40.4 Å². The van der Waals surface area contributed by atoms with Crippen LogP contribution < -0.4 is 5.32 Å². The molecule has 5 N–H and O–H groups in total. The lowest BCUT2D eigenvalue weighted by atomic mass is 9.44. The van der Waals surface area contributed by atoms with Crippen LogP contribution in [0.5, 0.6) is 0 Å². The van der Waals surface area contributed by atoms with Gasteiger partial charge in [0.15, 0.2) is 0 Å². The molecule has 4 saturated carbocycles. The van der Waals surface area contributed by atoms with Crippen LogP contribution in [0.15, 0.2) is 0 Å². The quantitative estimate of drug-likeness (QED) is 0.418. The third kappa shape index (κ3) is 4.09. The minimum absolute atomic E-state index is 0.0343. The average molecular weight is 456 g/mol. The second kappa shape index (κ2) is 8.88. The van der Waals surface area contributed by atoms with Crippen molar-refractivity contribution in [3.63, 3.8) is 0 Å². The van der Waals surface area contributed by atoms with E-state index in [1.54, 1.807) is 0 Å². The van der Waals surface area contributed by atoms with E-state index < -0.39 is 60.8 Å². The molecule has 32 heavy (non-hydrogen) atoms. The van der Waals surface area contributed by atoms with Crippen LogP contribution >= 0.6 is 0 Å². The first-order valence-corrected chi connectivity index (χ1v) is 12.1. The number of carboxylic acids is 1. The third-order valence-corrected chi connectivity index (χ3v) is 9.57. The summed E-state index contributed by atoms with van der Waals surface area (Å²) in [4.78, 5) is 22.6. The number of aliphatic hydroxyl groups is 3. The van der Waals surface area contributed by atoms with E-state index in [1.165, 1.54) is 0 Å². The number of carboxylic acid groups (broad SMARTS) is 1. The maximum Gasteiger partial charge on any atom is 0.322 e. The molecule has 0 aliphatic heterocycles.